The second kappa shape index (κ2) is 10.9. The van der Waals surface area contributed by atoms with Crippen molar-refractivity contribution in [1.82, 2.24) is 14.5 Å². The van der Waals surface area contributed by atoms with Crippen LogP contribution in [0.3, 0.4) is 0 Å². The van der Waals surface area contributed by atoms with E-state index in [9.17, 15) is 22.8 Å². The van der Waals surface area contributed by atoms with Gasteiger partial charge in [0.1, 0.15) is 9.96 Å². The van der Waals surface area contributed by atoms with Gasteiger partial charge in [0.2, 0.25) is 5.91 Å². The molecule has 1 aromatic carbocycles. The summed E-state index contributed by atoms with van der Waals surface area (Å²) in [6, 6.07) is 10.4. The fourth-order valence-corrected chi connectivity index (χ4v) is 7.35. The average molecular weight is 536 g/mol. The van der Waals surface area contributed by atoms with Gasteiger partial charge in [-0.1, -0.05) is 18.2 Å². The molecule has 2 aliphatic rings. The number of sulfonamides is 1. The first kappa shape index (κ1) is 25.4. The van der Waals surface area contributed by atoms with Gasteiger partial charge in [-0.15, -0.1) is 11.3 Å². The van der Waals surface area contributed by atoms with E-state index in [0.717, 1.165) is 22.2 Å². The van der Waals surface area contributed by atoms with Crippen LogP contribution in [0.2, 0.25) is 0 Å². The average Bonchev–Trinajstić information content (AvgIpc) is 3.50. The van der Waals surface area contributed by atoms with Gasteiger partial charge in [0.25, 0.3) is 21.2 Å². The summed E-state index contributed by atoms with van der Waals surface area (Å²) >= 11 is 2.04. The molecule has 35 heavy (non-hydrogen) atoms. The number of rotatable bonds is 8. The highest BCUT2D eigenvalue weighted by atomic mass is 32.2. The van der Waals surface area contributed by atoms with Gasteiger partial charge in [0, 0.05) is 32.1 Å². The maximum absolute atomic E-state index is 12.7. The number of thioether (sulfide) groups is 1. The van der Waals surface area contributed by atoms with Crippen molar-refractivity contribution in [3.63, 3.8) is 0 Å². The molecule has 186 valence electrons. The Labute approximate surface area is 212 Å². The third kappa shape index (κ3) is 5.77. The molecule has 3 amide bonds. The number of carbonyl (C=O) groups excluding carboxylic acids is 3. The first-order valence-corrected chi connectivity index (χ1v) is 14.1. The molecule has 1 aromatic heterocycles. The quantitative estimate of drug-likeness (QED) is 0.517. The maximum atomic E-state index is 12.7. The van der Waals surface area contributed by atoms with E-state index in [1.807, 2.05) is 0 Å². The van der Waals surface area contributed by atoms with Crippen LogP contribution in [-0.4, -0.2) is 68.0 Å². The van der Waals surface area contributed by atoms with E-state index in [1.165, 1.54) is 15.6 Å². The Morgan fingerprint density at radius 1 is 1.17 bits per heavy atom. The minimum atomic E-state index is -3.51. The topological polar surface area (TPSA) is 113 Å². The highest BCUT2D eigenvalue weighted by Crippen LogP contribution is 2.32. The minimum absolute atomic E-state index is 0.0714. The smallest absolute Gasteiger partial charge is 0.293 e. The Hall–Kier alpha value is -2.67. The number of nitrogens with zero attached hydrogens (tertiary/aromatic N) is 2. The lowest BCUT2D eigenvalue weighted by atomic mass is 9.97. The number of ether oxygens (including phenoxy) is 1. The number of thiophene rings is 1. The van der Waals surface area contributed by atoms with Crippen LogP contribution in [0.1, 0.15) is 18.4 Å². The fraction of sp³-hybridized carbons (Fsp3) is 0.348. The van der Waals surface area contributed by atoms with Gasteiger partial charge in [0.15, 0.2) is 0 Å². The molecule has 0 unspecified atom stereocenters. The summed E-state index contributed by atoms with van der Waals surface area (Å²) < 4.78 is 32.1. The van der Waals surface area contributed by atoms with Crippen molar-refractivity contribution in [1.29, 1.82) is 0 Å². The summed E-state index contributed by atoms with van der Waals surface area (Å²) in [4.78, 5) is 39.0. The van der Waals surface area contributed by atoms with E-state index in [0.29, 0.717) is 27.7 Å². The van der Waals surface area contributed by atoms with Crippen LogP contribution in [0.5, 0.6) is 5.75 Å². The summed E-state index contributed by atoms with van der Waals surface area (Å²) in [6.07, 6.45) is 2.49. The number of benzene rings is 1. The zero-order chi connectivity index (χ0) is 25.0. The van der Waals surface area contributed by atoms with Crippen molar-refractivity contribution >= 4 is 56.3 Å². The summed E-state index contributed by atoms with van der Waals surface area (Å²) in [5.74, 6) is -0.202. The van der Waals surface area contributed by atoms with E-state index >= 15 is 0 Å². The molecule has 0 bridgehead atoms. The number of carbonyl (C=O) groups is 3. The molecule has 1 N–H and O–H groups in total. The van der Waals surface area contributed by atoms with Crippen LogP contribution in [0.15, 0.2) is 50.9 Å². The number of piperidine rings is 1. The molecular weight excluding hydrogens is 510 g/mol. The summed E-state index contributed by atoms with van der Waals surface area (Å²) in [5.41, 5.74) is 0.775. The summed E-state index contributed by atoms with van der Waals surface area (Å²) in [6.45, 7) is 0.761. The van der Waals surface area contributed by atoms with Crippen molar-refractivity contribution in [2.75, 3.05) is 33.3 Å². The molecule has 2 fully saturated rings. The molecular formula is C23H25N3O6S3. The Kier molecular flexibility index (Phi) is 7.95. The largest absolute Gasteiger partial charge is 0.497 e. The molecule has 0 radical (unpaired) electrons. The van der Waals surface area contributed by atoms with Crippen LogP contribution < -0.4 is 10.1 Å². The van der Waals surface area contributed by atoms with Crippen molar-refractivity contribution in [3.05, 3.63) is 52.2 Å². The number of hydrogen-bond donors (Lipinski definition) is 1. The van der Waals surface area contributed by atoms with Crippen LogP contribution in [0.4, 0.5) is 4.79 Å². The first-order chi connectivity index (χ1) is 16.8. The van der Waals surface area contributed by atoms with Gasteiger partial charge >= 0.3 is 0 Å². The molecule has 0 aliphatic carbocycles. The van der Waals surface area contributed by atoms with Crippen molar-refractivity contribution in [3.8, 4) is 5.75 Å². The molecule has 0 saturated carbocycles. The van der Waals surface area contributed by atoms with E-state index < -0.39 is 15.9 Å². The standard InChI is InChI=1S/C23H25N3O6S3/c1-32-18-6-4-16(5-7-18)15-19-22(28)26(23(29)34-19)13-10-24-21(27)17-8-11-25(12-9-17)35(30,31)20-3-2-14-33-20/h2-7,14-15,17H,8-13H2,1H3,(H,24,27)/b19-15+. The molecule has 0 atom stereocenters. The van der Waals surface area contributed by atoms with E-state index in [1.54, 1.807) is 55.0 Å². The van der Waals surface area contributed by atoms with E-state index in [2.05, 4.69) is 5.32 Å². The van der Waals surface area contributed by atoms with Crippen LogP contribution in [0, 0.1) is 5.92 Å². The van der Waals surface area contributed by atoms with Gasteiger partial charge < -0.3 is 10.1 Å². The zero-order valence-electron chi connectivity index (χ0n) is 19.0. The Morgan fingerprint density at radius 3 is 2.51 bits per heavy atom. The van der Waals surface area contributed by atoms with E-state index in [-0.39, 0.29) is 43.2 Å². The number of nitrogens with one attached hydrogen (secondary N) is 1. The lowest BCUT2D eigenvalue weighted by Crippen LogP contribution is -2.44. The predicted molar refractivity (Wildman–Crippen MR) is 134 cm³/mol. The normalized spacial score (nSPS) is 18.9. The Morgan fingerprint density at radius 2 is 1.89 bits per heavy atom. The molecule has 0 spiro atoms. The van der Waals surface area contributed by atoms with E-state index in [4.69, 9.17) is 4.74 Å². The predicted octanol–water partition coefficient (Wildman–Crippen LogP) is 3.01. The second-order valence-corrected chi connectivity index (χ2v) is 12.1. The van der Waals surface area contributed by atoms with Crippen molar-refractivity contribution in [2.24, 2.45) is 5.92 Å². The van der Waals surface area contributed by atoms with Gasteiger partial charge in [-0.05, 0) is 59.8 Å². The summed E-state index contributed by atoms with van der Waals surface area (Å²) in [7, 11) is -1.95. The molecule has 2 aromatic rings. The zero-order valence-corrected chi connectivity index (χ0v) is 21.5. The first-order valence-electron chi connectivity index (χ1n) is 11.0. The number of amides is 3. The Bertz CT molecular complexity index is 1220. The third-order valence-corrected chi connectivity index (χ3v) is 10.0. The maximum Gasteiger partial charge on any atom is 0.293 e. The number of methoxy groups -OCH3 is 1. The third-order valence-electron chi connectivity index (χ3n) is 5.84. The van der Waals surface area contributed by atoms with Gasteiger partial charge in [-0.25, -0.2) is 8.42 Å². The monoisotopic (exact) mass is 535 g/mol. The van der Waals surface area contributed by atoms with Crippen LogP contribution >= 0.6 is 23.1 Å². The molecule has 3 heterocycles. The lowest BCUT2D eigenvalue weighted by molar-refractivity contribution is -0.127. The van der Waals surface area contributed by atoms with Crippen molar-refractivity contribution in [2.45, 2.75) is 17.1 Å². The van der Waals surface area contributed by atoms with Crippen LogP contribution in [-0.2, 0) is 19.6 Å². The fourth-order valence-electron chi connectivity index (χ4n) is 3.88. The Balaban J connectivity index is 1.25. The van der Waals surface area contributed by atoms with Gasteiger partial charge in [0.05, 0.1) is 12.0 Å². The second-order valence-electron chi connectivity index (χ2n) is 8.01. The highest BCUT2D eigenvalue weighted by molar-refractivity contribution is 8.18. The number of hydrogen-bond acceptors (Lipinski definition) is 8. The number of imide groups is 1. The molecule has 2 saturated heterocycles. The van der Waals surface area contributed by atoms with Crippen molar-refractivity contribution < 1.29 is 27.5 Å². The molecule has 4 rings (SSSR count). The lowest BCUT2D eigenvalue weighted by Gasteiger charge is -2.30. The summed E-state index contributed by atoms with van der Waals surface area (Å²) in [5, 5.41) is 4.13. The minimum Gasteiger partial charge on any atom is -0.497 e. The van der Waals surface area contributed by atoms with Gasteiger partial charge in [-0.2, -0.15) is 4.31 Å². The molecule has 12 heteroatoms. The SMILES string of the molecule is COc1ccc(/C=C2/SC(=O)N(CCNC(=O)C3CCN(S(=O)(=O)c4cccs4)CC3)C2=O)cc1. The van der Waals surface area contributed by atoms with Crippen LogP contribution in [0.25, 0.3) is 6.08 Å². The molecule has 9 nitrogen and oxygen atoms in total. The highest BCUT2D eigenvalue weighted by Gasteiger charge is 2.35. The molecule has 2 aliphatic heterocycles. The van der Waals surface area contributed by atoms with Gasteiger partial charge in [-0.3, -0.25) is 19.3 Å².